The van der Waals surface area contributed by atoms with Crippen molar-refractivity contribution in [1.82, 2.24) is 0 Å². The van der Waals surface area contributed by atoms with Crippen LogP contribution < -0.4 is 0 Å². The van der Waals surface area contributed by atoms with Gasteiger partial charge in [0.2, 0.25) is 5.79 Å². The lowest BCUT2D eigenvalue weighted by Crippen LogP contribution is -2.65. The highest BCUT2D eigenvalue weighted by molar-refractivity contribution is 7.82. The molecule has 0 aromatic carbocycles. The minimum Gasteiger partial charge on any atom is -0.341 e. The normalized spacial score (nSPS) is 30.7. The molecule has 2 fully saturated rings. The van der Waals surface area contributed by atoms with E-state index in [-0.39, 0.29) is 0 Å². The zero-order chi connectivity index (χ0) is 43.0. The smallest absolute Gasteiger partial charge is 0.341 e. The minimum atomic E-state index is -6.24. The summed E-state index contributed by atoms with van der Waals surface area (Å²) in [5, 5.41) is 0. The first-order valence-corrected chi connectivity index (χ1v) is 23.2. The average Bonchev–Trinajstić information content (AvgIpc) is 3.15. The van der Waals surface area contributed by atoms with Crippen molar-refractivity contribution >= 4 is 83.2 Å². The van der Waals surface area contributed by atoms with Gasteiger partial charge in [0.15, 0.2) is 18.5 Å². The molecule has 35 nitrogen and oxygen atoms in total. The van der Waals surface area contributed by atoms with Crippen LogP contribution in [0, 0.1) is 0 Å². The van der Waals surface area contributed by atoms with Crippen LogP contribution in [-0.2, 0) is 131 Å². The van der Waals surface area contributed by atoms with Crippen LogP contribution >= 0.6 is 0 Å². The number of rotatable bonds is 21. The van der Waals surface area contributed by atoms with E-state index in [1.54, 1.807) is 0 Å². The third kappa shape index (κ3) is 18.1. The Kier molecular flexibility index (Phi) is 15.6. The van der Waals surface area contributed by atoms with Crippen LogP contribution in [0.3, 0.4) is 0 Å². The van der Waals surface area contributed by atoms with Gasteiger partial charge in [-0.1, -0.05) is 0 Å². The standard InChI is InChI=1S/C12H22O35S8/c13-48(14,15)37-1-4-6(43-51(22,23)24)8(45-53(28,29)30)9(46-54(31,32)33)11(40-4)42-12(3-39-50(19,20)21)10(47-55(34,35)36)7(44-52(25,26)27)5(41-12)2-38-49(16,17)18/h4-11H,1-3H2,(H,13,14,15)(H,16,17,18)(H,19,20,21)(H,22,23,24)(H,25,26,27)(H,28,29,30)(H,31,32,33)(H,34,35,36). The molecule has 0 radical (unpaired) electrons. The van der Waals surface area contributed by atoms with E-state index in [2.05, 4.69) is 33.5 Å². The summed E-state index contributed by atoms with van der Waals surface area (Å²) in [5.41, 5.74) is 0. The Morgan fingerprint density at radius 3 is 1.18 bits per heavy atom. The summed E-state index contributed by atoms with van der Waals surface area (Å²) < 4.78 is 307. The summed E-state index contributed by atoms with van der Waals surface area (Å²) in [7, 11) is -48.3. The van der Waals surface area contributed by atoms with Crippen LogP contribution in [0.15, 0.2) is 0 Å². The predicted octanol–water partition coefficient (Wildman–Crippen LogP) is -6.78. The number of hydrogen-bond donors (Lipinski definition) is 8. The molecule has 328 valence electrons. The topological polar surface area (TPSA) is 536 Å². The molecule has 9 unspecified atom stereocenters. The van der Waals surface area contributed by atoms with Crippen LogP contribution in [0.1, 0.15) is 0 Å². The molecule has 8 N–H and O–H groups in total. The Morgan fingerprint density at radius 1 is 0.418 bits per heavy atom. The number of ether oxygens (including phenoxy) is 3. The lowest BCUT2D eigenvalue weighted by atomic mass is 9.99. The van der Waals surface area contributed by atoms with Gasteiger partial charge in [-0.05, 0) is 0 Å². The van der Waals surface area contributed by atoms with Gasteiger partial charge in [-0.15, -0.1) is 0 Å². The van der Waals surface area contributed by atoms with E-state index in [0.29, 0.717) is 0 Å². The second kappa shape index (κ2) is 17.2. The van der Waals surface area contributed by atoms with Crippen molar-refractivity contribution in [3.63, 3.8) is 0 Å². The summed E-state index contributed by atoms with van der Waals surface area (Å²) >= 11 is 0. The molecular formula is C12H22O35S8. The molecule has 2 saturated heterocycles. The highest BCUT2D eigenvalue weighted by Gasteiger charge is 2.65. The minimum absolute atomic E-state index is 1.92. The first-order chi connectivity index (χ1) is 24.2. The monoisotopic (exact) mass is 982 g/mol. The molecule has 2 heterocycles. The fourth-order valence-corrected chi connectivity index (χ4v) is 7.68. The van der Waals surface area contributed by atoms with E-state index in [0.717, 1.165) is 0 Å². The van der Waals surface area contributed by atoms with Gasteiger partial charge < -0.3 is 14.2 Å². The third-order valence-electron chi connectivity index (χ3n) is 5.68. The second-order valence-corrected chi connectivity index (χ2v) is 18.2. The van der Waals surface area contributed by atoms with Crippen molar-refractivity contribution in [2.45, 2.75) is 54.8 Å². The van der Waals surface area contributed by atoms with Gasteiger partial charge in [0.1, 0.15) is 37.1 Å². The summed E-state index contributed by atoms with van der Waals surface area (Å²) in [5.74, 6) is -4.12. The Bertz CT molecular complexity index is 2280. The van der Waals surface area contributed by atoms with E-state index in [1.165, 1.54) is 0 Å². The number of hydrogen-bond acceptors (Lipinski definition) is 27. The zero-order valence-corrected chi connectivity index (χ0v) is 31.6. The SMILES string of the molecule is O=S(=O)(O)OCC1OC(OC2(COS(=O)(=O)O)OC(COS(=O)(=O)O)C(OS(=O)(=O)O)C2OS(=O)(=O)O)C(OS(=O)(=O)O)C(OS(=O)(=O)O)C1OS(=O)(=O)O. The van der Waals surface area contributed by atoms with E-state index < -0.39 is 158 Å². The van der Waals surface area contributed by atoms with Gasteiger partial charge in [-0.3, -0.25) is 36.4 Å². The van der Waals surface area contributed by atoms with E-state index >= 15 is 0 Å². The Hall–Kier alpha value is -1.16. The van der Waals surface area contributed by atoms with Crippen LogP contribution in [0.25, 0.3) is 0 Å². The fraction of sp³-hybridized carbons (Fsp3) is 1.00. The Labute approximate surface area is 308 Å². The van der Waals surface area contributed by atoms with Crippen LogP contribution in [0.2, 0.25) is 0 Å². The molecule has 0 aromatic heterocycles. The van der Waals surface area contributed by atoms with Crippen LogP contribution in [0.5, 0.6) is 0 Å². The fourth-order valence-electron chi connectivity index (χ4n) is 4.24. The molecule has 43 heteroatoms. The molecule has 2 rings (SSSR count). The molecule has 2 aliphatic rings. The molecule has 0 amide bonds. The van der Waals surface area contributed by atoms with Gasteiger partial charge in [0, 0.05) is 0 Å². The van der Waals surface area contributed by atoms with Crippen molar-refractivity contribution in [3.8, 4) is 0 Å². The molecule has 9 atom stereocenters. The maximum Gasteiger partial charge on any atom is 0.397 e. The summed E-state index contributed by atoms with van der Waals surface area (Å²) in [6.45, 7) is -6.25. The van der Waals surface area contributed by atoms with E-state index in [4.69, 9.17) is 23.3 Å². The quantitative estimate of drug-likeness (QED) is 0.0496. The molecule has 2 aliphatic heterocycles. The van der Waals surface area contributed by atoms with Crippen molar-refractivity contribution in [3.05, 3.63) is 0 Å². The van der Waals surface area contributed by atoms with Crippen molar-refractivity contribution in [2.75, 3.05) is 19.8 Å². The Morgan fingerprint density at radius 2 is 0.782 bits per heavy atom. The van der Waals surface area contributed by atoms with Crippen molar-refractivity contribution in [1.29, 1.82) is 0 Å². The molecule has 0 bridgehead atoms. The molecular weight excluding hydrogens is 961 g/mol. The van der Waals surface area contributed by atoms with Gasteiger partial charge >= 0.3 is 83.2 Å². The molecule has 0 saturated carbocycles. The van der Waals surface area contributed by atoms with E-state index in [9.17, 15) is 94.7 Å². The molecule has 0 spiro atoms. The highest BCUT2D eigenvalue weighted by Crippen LogP contribution is 2.42. The van der Waals surface area contributed by atoms with Crippen LogP contribution in [0.4, 0.5) is 0 Å². The van der Waals surface area contributed by atoms with Gasteiger partial charge in [0.25, 0.3) is 0 Å². The second-order valence-electron chi connectivity index (χ2n) is 9.64. The maximum atomic E-state index is 11.9. The summed E-state index contributed by atoms with van der Waals surface area (Å²) in [4.78, 5) is 0. The summed E-state index contributed by atoms with van der Waals surface area (Å²) in [6.07, 6.45) is -26.0. The van der Waals surface area contributed by atoms with Crippen LogP contribution in [-0.4, -0.2) is 178 Å². The maximum absolute atomic E-state index is 11.9. The van der Waals surface area contributed by atoms with Crippen molar-refractivity contribution in [2.24, 2.45) is 0 Å². The molecule has 55 heavy (non-hydrogen) atoms. The van der Waals surface area contributed by atoms with Crippen molar-refractivity contribution < 1.29 is 151 Å². The van der Waals surface area contributed by atoms with Gasteiger partial charge in [0.05, 0.1) is 13.2 Å². The largest absolute Gasteiger partial charge is 0.397 e. The van der Waals surface area contributed by atoms with Gasteiger partial charge in [-0.2, -0.15) is 67.3 Å². The van der Waals surface area contributed by atoms with Gasteiger partial charge in [-0.25, -0.2) is 33.5 Å². The zero-order valence-electron chi connectivity index (χ0n) is 25.1. The molecule has 0 aliphatic carbocycles. The first kappa shape index (κ1) is 50.0. The third-order valence-corrected chi connectivity index (χ3v) is 9.28. The average molecular weight is 983 g/mol. The summed E-state index contributed by atoms with van der Waals surface area (Å²) in [6, 6.07) is 0. The first-order valence-electron chi connectivity index (χ1n) is 12.3. The van der Waals surface area contributed by atoms with E-state index in [1.807, 2.05) is 0 Å². The highest BCUT2D eigenvalue weighted by atomic mass is 32.3. The lowest BCUT2D eigenvalue weighted by molar-refractivity contribution is -0.374. The lowest BCUT2D eigenvalue weighted by Gasteiger charge is -2.45. The Balaban J connectivity index is 3.07. The predicted molar refractivity (Wildman–Crippen MR) is 152 cm³/mol. The molecule has 0 aromatic rings.